The van der Waals surface area contributed by atoms with Crippen LogP contribution in [0.3, 0.4) is 0 Å². The maximum absolute atomic E-state index is 12.7. The van der Waals surface area contributed by atoms with E-state index in [1.807, 2.05) is 0 Å². The number of hydrogen-bond donors (Lipinski definition) is 0. The van der Waals surface area contributed by atoms with E-state index >= 15 is 0 Å². The number of allylic oxidation sites excluding steroid dienone is 4. The standard InChI is InChI=1S/C49H91NO7/c1-6-8-10-12-14-16-18-20-22-23-24-26-28-30-32-34-36-38-40-48(52)57-45(43-55-42-41-46(49(53)54)50(3,4)5)44-56-47(51)39-37-35-33-31-29-27-25-21-19-17-15-13-11-9-7-2/h22-24,26,45-46H,6-21,25,27-44H2,1-5H3/b23-22+,26-24+. The van der Waals surface area contributed by atoms with E-state index in [1.54, 1.807) is 21.1 Å². The van der Waals surface area contributed by atoms with Gasteiger partial charge >= 0.3 is 11.9 Å². The molecule has 0 aromatic carbocycles. The number of nitrogens with zero attached hydrogens (tertiary/aromatic N) is 1. The Morgan fingerprint density at radius 2 is 0.912 bits per heavy atom. The number of ether oxygens (including phenoxy) is 3. The van der Waals surface area contributed by atoms with Crippen molar-refractivity contribution in [2.24, 2.45) is 0 Å². The number of likely N-dealkylation sites (N-methyl/N-ethyl adjacent to an activating group) is 1. The molecular formula is C49H91NO7. The fourth-order valence-electron chi connectivity index (χ4n) is 7.12. The van der Waals surface area contributed by atoms with E-state index in [2.05, 4.69) is 38.2 Å². The van der Waals surface area contributed by atoms with Gasteiger partial charge in [-0.05, 0) is 38.5 Å². The highest BCUT2D eigenvalue weighted by Crippen LogP contribution is 2.15. The summed E-state index contributed by atoms with van der Waals surface area (Å²) in [6, 6.07) is -0.726. The number of carboxylic acid groups (broad SMARTS) is 1. The molecule has 0 fully saturated rings. The molecule has 2 atom stereocenters. The average Bonchev–Trinajstić information content (AvgIpc) is 3.17. The second kappa shape index (κ2) is 40.6. The predicted molar refractivity (Wildman–Crippen MR) is 236 cm³/mol. The van der Waals surface area contributed by atoms with Gasteiger partial charge in [0.15, 0.2) is 6.10 Å². The van der Waals surface area contributed by atoms with Gasteiger partial charge in [0.1, 0.15) is 12.6 Å². The normalized spacial score (nSPS) is 13.1. The molecule has 0 aliphatic carbocycles. The van der Waals surface area contributed by atoms with Crippen molar-refractivity contribution in [3.05, 3.63) is 24.3 Å². The van der Waals surface area contributed by atoms with Crippen LogP contribution in [0.5, 0.6) is 0 Å². The number of esters is 2. The first-order valence-electron chi connectivity index (χ1n) is 23.9. The van der Waals surface area contributed by atoms with Crippen molar-refractivity contribution in [2.75, 3.05) is 41.0 Å². The Bertz CT molecular complexity index is 989. The van der Waals surface area contributed by atoms with E-state index in [4.69, 9.17) is 14.2 Å². The molecule has 0 saturated carbocycles. The van der Waals surface area contributed by atoms with Crippen molar-refractivity contribution in [1.29, 1.82) is 0 Å². The molecule has 0 rings (SSSR count). The lowest BCUT2D eigenvalue weighted by atomic mass is 10.0. The van der Waals surface area contributed by atoms with Crippen molar-refractivity contribution in [3.8, 4) is 0 Å². The third-order valence-corrected chi connectivity index (χ3v) is 10.9. The number of carbonyl (C=O) groups is 3. The monoisotopic (exact) mass is 806 g/mol. The number of aliphatic carboxylic acids is 1. The molecular weight excluding hydrogens is 715 g/mol. The molecule has 334 valence electrons. The molecule has 0 bridgehead atoms. The molecule has 8 nitrogen and oxygen atoms in total. The summed E-state index contributed by atoms with van der Waals surface area (Å²) >= 11 is 0. The first-order chi connectivity index (χ1) is 27.6. The maximum Gasteiger partial charge on any atom is 0.306 e. The van der Waals surface area contributed by atoms with Gasteiger partial charge < -0.3 is 28.6 Å². The van der Waals surface area contributed by atoms with Gasteiger partial charge in [0.25, 0.3) is 0 Å². The molecule has 0 aromatic rings. The highest BCUT2D eigenvalue weighted by molar-refractivity contribution is 5.70. The van der Waals surface area contributed by atoms with Crippen molar-refractivity contribution in [1.82, 2.24) is 0 Å². The third-order valence-electron chi connectivity index (χ3n) is 10.9. The molecule has 0 radical (unpaired) electrons. The first-order valence-corrected chi connectivity index (χ1v) is 23.9. The van der Waals surface area contributed by atoms with Gasteiger partial charge in [-0.25, -0.2) is 0 Å². The number of carbonyl (C=O) groups excluding carboxylic acids is 3. The fraction of sp³-hybridized carbons (Fsp3) is 0.857. The molecule has 0 aromatic heterocycles. The second-order valence-corrected chi connectivity index (χ2v) is 17.4. The molecule has 0 spiro atoms. The fourth-order valence-corrected chi connectivity index (χ4v) is 7.12. The number of rotatable bonds is 43. The van der Waals surface area contributed by atoms with Gasteiger partial charge in [0, 0.05) is 19.3 Å². The second-order valence-electron chi connectivity index (χ2n) is 17.4. The largest absolute Gasteiger partial charge is 0.544 e. The van der Waals surface area contributed by atoms with E-state index in [1.165, 1.54) is 128 Å². The van der Waals surface area contributed by atoms with Crippen molar-refractivity contribution >= 4 is 17.9 Å². The minimum absolute atomic E-state index is 0.0384. The van der Waals surface area contributed by atoms with Crippen molar-refractivity contribution < 1.29 is 38.2 Å². The third kappa shape index (κ3) is 39.1. The smallest absolute Gasteiger partial charge is 0.306 e. The topological polar surface area (TPSA) is 102 Å². The van der Waals surface area contributed by atoms with Gasteiger partial charge in [-0.1, -0.05) is 186 Å². The van der Waals surface area contributed by atoms with Crippen molar-refractivity contribution in [2.45, 2.75) is 231 Å². The van der Waals surface area contributed by atoms with Crippen LogP contribution in [-0.4, -0.2) is 75.5 Å². The number of quaternary nitrogens is 1. The molecule has 0 aliphatic heterocycles. The summed E-state index contributed by atoms with van der Waals surface area (Å²) in [5, 5.41) is 11.6. The van der Waals surface area contributed by atoms with Crippen LogP contribution >= 0.6 is 0 Å². The molecule has 8 heteroatoms. The van der Waals surface area contributed by atoms with Gasteiger partial charge in [0.05, 0.1) is 40.3 Å². The van der Waals surface area contributed by atoms with Crippen LogP contribution in [0.1, 0.15) is 219 Å². The molecule has 57 heavy (non-hydrogen) atoms. The van der Waals surface area contributed by atoms with Crippen LogP contribution in [0.4, 0.5) is 0 Å². The summed E-state index contributed by atoms with van der Waals surface area (Å²) in [7, 11) is 5.41. The van der Waals surface area contributed by atoms with Crippen LogP contribution in [0, 0.1) is 0 Å². The van der Waals surface area contributed by atoms with Crippen LogP contribution in [0.15, 0.2) is 24.3 Å². The van der Waals surface area contributed by atoms with Gasteiger partial charge in [0.2, 0.25) is 0 Å². The summed E-state index contributed by atoms with van der Waals surface area (Å²) in [6.45, 7) is 4.67. The Hall–Kier alpha value is -2.19. The Morgan fingerprint density at radius 3 is 1.32 bits per heavy atom. The van der Waals surface area contributed by atoms with Crippen LogP contribution in [-0.2, 0) is 28.6 Å². The first kappa shape index (κ1) is 54.8. The SMILES string of the molecule is CCCCCCCCC/C=C/C=C/CCCCCCCC(=O)OC(COCCC(C(=O)[O-])[N+](C)(C)C)COC(=O)CCCCCCCCCCCCCCCCC. The minimum Gasteiger partial charge on any atom is -0.544 e. The van der Waals surface area contributed by atoms with E-state index in [9.17, 15) is 19.5 Å². The van der Waals surface area contributed by atoms with Gasteiger partial charge in [-0.3, -0.25) is 9.59 Å². The average molecular weight is 806 g/mol. The predicted octanol–water partition coefficient (Wildman–Crippen LogP) is 11.9. The van der Waals surface area contributed by atoms with Crippen LogP contribution in [0.25, 0.3) is 0 Å². The molecule has 0 aliphatic rings. The summed E-state index contributed by atoms with van der Waals surface area (Å²) in [6.07, 6.45) is 44.8. The van der Waals surface area contributed by atoms with Gasteiger partial charge in [-0.2, -0.15) is 0 Å². The highest BCUT2D eigenvalue weighted by Gasteiger charge is 2.25. The Balaban J connectivity index is 4.31. The van der Waals surface area contributed by atoms with E-state index in [0.717, 1.165) is 57.8 Å². The number of hydrogen-bond acceptors (Lipinski definition) is 7. The zero-order chi connectivity index (χ0) is 42.1. The van der Waals surface area contributed by atoms with E-state index in [0.29, 0.717) is 12.8 Å². The van der Waals surface area contributed by atoms with Crippen LogP contribution < -0.4 is 5.11 Å². The molecule has 0 saturated heterocycles. The molecule has 0 heterocycles. The summed E-state index contributed by atoms with van der Waals surface area (Å²) in [4.78, 5) is 36.9. The Kier molecular flexibility index (Phi) is 39.0. The maximum atomic E-state index is 12.7. The quantitative estimate of drug-likeness (QED) is 0.0262. The van der Waals surface area contributed by atoms with Gasteiger partial charge in [-0.15, -0.1) is 0 Å². The molecule has 0 N–H and O–H groups in total. The summed E-state index contributed by atoms with van der Waals surface area (Å²) in [5.74, 6) is -1.74. The lowest BCUT2D eigenvalue weighted by molar-refractivity contribution is -0.889. The lowest BCUT2D eigenvalue weighted by Crippen LogP contribution is -2.55. The summed E-state index contributed by atoms with van der Waals surface area (Å²) in [5.41, 5.74) is 0. The van der Waals surface area contributed by atoms with Crippen LogP contribution in [0.2, 0.25) is 0 Å². The highest BCUT2D eigenvalue weighted by atomic mass is 16.6. The number of carboxylic acids is 1. The summed E-state index contributed by atoms with van der Waals surface area (Å²) < 4.78 is 17.2. The van der Waals surface area contributed by atoms with E-state index < -0.39 is 18.1 Å². The Morgan fingerprint density at radius 1 is 0.526 bits per heavy atom. The minimum atomic E-state index is -1.13. The van der Waals surface area contributed by atoms with E-state index in [-0.39, 0.29) is 42.7 Å². The molecule has 2 unspecified atom stereocenters. The zero-order valence-corrected chi connectivity index (χ0v) is 38.0. The number of unbranched alkanes of at least 4 members (excludes halogenated alkanes) is 26. The van der Waals surface area contributed by atoms with Crippen molar-refractivity contribution in [3.63, 3.8) is 0 Å². The lowest BCUT2D eigenvalue weighted by Gasteiger charge is -2.34. The Labute approximate surface area is 351 Å². The molecule has 0 amide bonds. The zero-order valence-electron chi connectivity index (χ0n) is 38.0.